The van der Waals surface area contributed by atoms with Gasteiger partial charge < -0.3 is 4.90 Å². The molecular weight excluding hydrogens is 407 g/mol. The van der Waals surface area contributed by atoms with E-state index in [-0.39, 0.29) is 18.4 Å². The second-order valence-corrected chi connectivity index (χ2v) is 7.57. The smallest absolute Gasteiger partial charge is 0.369 e. The summed E-state index contributed by atoms with van der Waals surface area (Å²) in [5.41, 5.74) is 0.817. The van der Waals surface area contributed by atoms with Crippen LogP contribution >= 0.6 is 0 Å². The molecule has 0 saturated carbocycles. The first kappa shape index (κ1) is 21.1. The Morgan fingerprint density at radius 1 is 0.806 bits per heavy atom. The molecule has 5 nitrogen and oxygen atoms in total. The molecule has 0 atom stereocenters. The van der Waals surface area contributed by atoms with Crippen LogP contribution in [0.2, 0.25) is 0 Å². The van der Waals surface area contributed by atoms with Crippen LogP contribution in [0.15, 0.2) is 60.7 Å². The largest absolute Gasteiger partial charge is 0.416 e. The number of piperazine rings is 1. The number of rotatable bonds is 5. The number of hydrogen-bond donors (Lipinski definition) is 0. The van der Waals surface area contributed by atoms with E-state index in [0.717, 1.165) is 6.07 Å². The van der Waals surface area contributed by atoms with Gasteiger partial charge in [-0.15, -0.1) is 0 Å². The average molecular weight is 429 g/mol. The Morgan fingerprint density at radius 3 is 2.03 bits per heavy atom. The van der Waals surface area contributed by atoms with E-state index in [9.17, 15) is 22.8 Å². The third-order valence-electron chi connectivity index (χ3n) is 5.61. The van der Waals surface area contributed by atoms with Gasteiger partial charge in [-0.05, 0) is 30.3 Å². The van der Waals surface area contributed by atoms with Crippen molar-refractivity contribution in [2.24, 2.45) is 0 Å². The maximum absolute atomic E-state index is 12.9. The van der Waals surface area contributed by atoms with Gasteiger partial charge in [0, 0.05) is 45.0 Å². The zero-order valence-corrected chi connectivity index (χ0v) is 16.8. The predicted octanol–water partition coefficient (Wildman–Crippen LogP) is 3.68. The van der Waals surface area contributed by atoms with E-state index >= 15 is 0 Å². The number of alkyl halides is 3. The van der Waals surface area contributed by atoms with Gasteiger partial charge in [0.1, 0.15) is 0 Å². The first-order valence-corrected chi connectivity index (χ1v) is 10.1. The molecule has 0 spiro atoms. The molecule has 0 N–H and O–H groups in total. The van der Waals surface area contributed by atoms with Crippen molar-refractivity contribution in [2.45, 2.75) is 6.18 Å². The van der Waals surface area contributed by atoms with E-state index in [1.54, 1.807) is 36.4 Å². The number of benzene rings is 2. The number of amides is 2. The lowest BCUT2D eigenvalue weighted by molar-refractivity contribution is -0.137. The zero-order chi connectivity index (χ0) is 22.0. The number of carbonyl (C=O) groups excluding carboxylic acids is 2. The molecule has 2 aliphatic heterocycles. The Labute approximate surface area is 178 Å². The Hall–Kier alpha value is -3.13. The van der Waals surface area contributed by atoms with Gasteiger partial charge in [0.25, 0.3) is 11.8 Å². The molecule has 4 rings (SSSR count). The topological polar surface area (TPSA) is 43.9 Å². The van der Waals surface area contributed by atoms with Crippen molar-refractivity contribution in [2.75, 3.05) is 44.2 Å². The minimum absolute atomic E-state index is 0.219. The fourth-order valence-electron chi connectivity index (χ4n) is 3.88. The number of anilines is 1. The van der Waals surface area contributed by atoms with Crippen LogP contribution in [0, 0.1) is 0 Å². The van der Waals surface area contributed by atoms with Crippen molar-refractivity contribution in [3.63, 3.8) is 0 Å². The van der Waals surface area contributed by atoms with Crippen molar-refractivity contribution >= 4 is 17.5 Å². The summed E-state index contributed by atoms with van der Waals surface area (Å²) in [6, 6.07) is 12.2. The summed E-state index contributed by atoms with van der Waals surface area (Å²) in [5, 5.41) is 0. The third-order valence-corrected chi connectivity index (χ3v) is 5.61. The summed E-state index contributed by atoms with van der Waals surface area (Å²) >= 11 is 0. The minimum atomic E-state index is -4.35. The monoisotopic (exact) mass is 429 g/mol. The summed E-state index contributed by atoms with van der Waals surface area (Å²) in [4.78, 5) is 30.1. The van der Waals surface area contributed by atoms with E-state index in [1.807, 2.05) is 11.0 Å². The summed E-state index contributed by atoms with van der Waals surface area (Å²) in [6.07, 6.45) is -0.619. The SMILES string of the molecule is O=C1c2ccccc2C(=O)N1C/C=C\CN1CCN(c2cccc(C(F)(F)F)c2)CC1. The maximum atomic E-state index is 12.9. The molecular formula is C23H22F3N3O2. The highest BCUT2D eigenvalue weighted by Crippen LogP contribution is 2.31. The normalized spacial score (nSPS) is 17.6. The van der Waals surface area contributed by atoms with Gasteiger partial charge in [-0.25, -0.2) is 0 Å². The second kappa shape index (κ2) is 8.55. The molecule has 0 unspecified atom stereocenters. The Morgan fingerprint density at radius 2 is 1.42 bits per heavy atom. The highest BCUT2D eigenvalue weighted by atomic mass is 19.4. The van der Waals surface area contributed by atoms with Crippen molar-refractivity contribution in [3.8, 4) is 0 Å². The Bertz CT molecular complexity index is 976. The number of nitrogens with zero attached hydrogens (tertiary/aromatic N) is 3. The Balaban J connectivity index is 1.26. The molecule has 0 radical (unpaired) electrons. The van der Waals surface area contributed by atoms with E-state index < -0.39 is 11.7 Å². The van der Waals surface area contributed by atoms with Crippen molar-refractivity contribution in [1.29, 1.82) is 0 Å². The predicted molar refractivity (Wildman–Crippen MR) is 111 cm³/mol. The van der Waals surface area contributed by atoms with Crippen LogP contribution in [0.5, 0.6) is 0 Å². The molecule has 2 heterocycles. The number of fused-ring (bicyclic) bond motifs is 1. The number of halogens is 3. The first-order chi connectivity index (χ1) is 14.8. The Kier molecular flexibility index (Phi) is 5.82. The summed E-state index contributed by atoms with van der Waals surface area (Å²) in [7, 11) is 0. The highest BCUT2D eigenvalue weighted by molar-refractivity contribution is 6.21. The molecule has 0 bridgehead atoms. The van der Waals surface area contributed by atoms with E-state index in [4.69, 9.17) is 0 Å². The zero-order valence-electron chi connectivity index (χ0n) is 16.8. The number of hydrogen-bond acceptors (Lipinski definition) is 4. The van der Waals surface area contributed by atoms with Gasteiger partial charge in [-0.2, -0.15) is 13.2 Å². The van der Waals surface area contributed by atoms with Crippen LogP contribution in [0.25, 0.3) is 0 Å². The first-order valence-electron chi connectivity index (χ1n) is 10.1. The molecule has 2 amide bonds. The lowest BCUT2D eigenvalue weighted by Gasteiger charge is -2.35. The summed E-state index contributed by atoms with van der Waals surface area (Å²) in [6.45, 7) is 3.57. The van der Waals surface area contributed by atoms with E-state index in [2.05, 4.69) is 4.90 Å². The number of imide groups is 1. The third kappa shape index (κ3) is 4.49. The van der Waals surface area contributed by atoms with Gasteiger partial charge in [0.15, 0.2) is 0 Å². The summed E-state index contributed by atoms with van der Waals surface area (Å²) < 4.78 is 38.8. The van der Waals surface area contributed by atoms with Gasteiger partial charge >= 0.3 is 6.18 Å². The quantitative estimate of drug-likeness (QED) is 0.537. The fraction of sp³-hybridized carbons (Fsp3) is 0.304. The number of carbonyl (C=O) groups is 2. The molecule has 2 aromatic rings. The van der Waals surface area contributed by atoms with E-state index in [1.165, 1.54) is 17.0 Å². The van der Waals surface area contributed by atoms with Gasteiger partial charge in [0.2, 0.25) is 0 Å². The second-order valence-electron chi connectivity index (χ2n) is 7.57. The highest BCUT2D eigenvalue weighted by Gasteiger charge is 2.34. The standard InChI is InChI=1S/C23H22F3N3O2/c24-23(25,26)17-6-5-7-18(16-17)28-14-12-27(13-15-28)10-3-4-11-29-21(30)19-8-1-2-9-20(19)22(29)31/h1-9,16H,10-15H2/b4-3-. The van der Waals surface area contributed by atoms with Gasteiger partial charge in [-0.1, -0.05) is 30.4 Å². The molecule has 8 heteroatoms. The molecule has 1 fully saturated rings. The summed E-state index contributed by atoms with van der Waals surface area (Å²) in [5.74, 6) is -0.556. The van der Waals surface area contributed by atoms with Crippen molar-refractivity contribution in [1.82, 2.24) is 9.80 Å². The lowest BCUT2D eigenvalue weighted by Crippen LogP contribution is -2.46. The maximum Gasteiger partial charge on any atom is 0.416 e. The van der Waals surface area contributed by atoms with Gasteiger partial charge in [0.05, 0.1) is 16.7 Å². The van der Waals surface area contributed by atoms with Crippen LogP contribution < -0.4 is 4.90 Å². The van der Waals surface area contributed by atoms with Crippen molar-refractivity contribution < 1.29 is 22.8 Å². The molecule has 0 aliphatic carbocycles. The molecule has 0 aromatic heterocycles. The van der Waals surface area contributed by atoms with E-state index in [0.29, 0.717) is 49.5 Å². The lowest BCUT2D eigenvalue weighted by atomic mass is 10.1. The van der Waals surface area contributed by atoms with Crippen LogP contribution in [0.1, 0.15) is 26.3 Å². The molecule has 2 aromatic carbocycles. The average Bonchev–Trinajstić information content (AvgIpc) is 3.01. The molecule has 162 valence electrons. The fourth-order valence-corrected chi connectivity index (χ4v) is 3.88. The van der Waals surface area contributed by atoms with Gasteiger partial charge in [-0.3, -0.25) is 19.4 Å². The van der Waals surface area contributed by atoms with Crippen LogP contribution in [-0.4, -0.2) is 60.9 Å². The van der Waals surface area contributed by atoms with Crippen LogP contribution in [-0.2, 0) is 6.18 Å². The molecule has 31 heavy (non-hydrogen) atoms. The molecule has 1 saturated heterocycles. The van der Waals surface area contributed by atoms with Crippen LogP contribution in [0.4, 0.5) is 18.9 Å². The molecule has 2 aliphatic rings. The minimum Gasteiger partial charge on any atom is -0.369 e. The van der Waals surface area contributed by atoms with Crippen LogP contribution in [0.3, 0.4) is 0 Å². The van der Waals surface area contributed by atoms with Crippen molar-refractivity contribution in [3.05, 3.63) is 77.4 Å².